The molecule has 4 nitrogen and oxygen atoms in total. The van der Waals surface area contributed by atoms with Crippen LogP contribution in [0.2, 0.25) is 0 Å². The highest BCUT2D eigenvalue weighted by Gasteiger charge is 2.37. The molecule has 0 bridgehead atoms. The van der Waals surface area contributed by atoms with Gasteiger partial charge in [-0.1, -0.05) is 6.42 Å². The summed E-state index contributed by atoms with van der Waals surface area (Å²) in [7, 11) is 0. The second kappa shape index (κ2) is 5.56. The van der Waals surface area contributed by atoms with Gasteiger partial charge in [0, 0.05) is 25.2 Å². The van der Waals surface area contributed by atoms with E-state index in [1.54, 1.807) is 0 Å². The lowest BCUT2D eigenvalue weighted by Crippen LogP contribution is -2.60. The fourth-order valence-electron chi connectivity index (χ4n) is 2.83. The van der Waals surface area contributed by atoms with Crippen LogP contribution in [0.15, 0.2) is 0 Å². The molecule has 2 rings (SSSR count). The summed E-state index contributed by atoms with van der Waals surface area (Å²) < 4.78 is 40.5. The molecular formula is C12H19F3N2O2. The minimum atomic E-state index is -4.47. The van der Waals surface area contributed by atoms with Gasteiger partial charge >= 0.3 is 12.3 Å². The molecule has 0 aromatic carbocycles. The van der Waals surface area contributed by atoms with Crippen LogP contribution >= 0.6 is 0 Å². The smallest absolute Gasteiger partial charge is 0.422 e. The first-order chi connectivity index (χ1) is 8.87. The number of hydrogen-bond donors (Lipinski definition) is 0. The van der Waals surface area contributed by atoms with Crippen molar-refractivity contribution in [3.8, 4) is 0 Å². The number of fused-ring (bicyclic) bond motifs is 1. The third-order valence-corrected chi connectivity index (χ3v) is 3.78. The summed E-state index contributed by atoms with van der Waals surface area (Å²) in [5.74, 6) is 0. The molecule has 0 aromatic rings. The molecule has 0 radical (unpaired) electrons. The zero-order valence-corrected chi connectivity index (χ0v) is 10.9. The summed E-state index contributed by atoms with van der Waals surface area (Å²) in [6, 6.07) is 0.165. The van der Waals surface area contributed by atoms with E-state index in [-0.39, 0.29) is 12.1 Å². The molecule has 0 N–H and O–H groups in total. The Hall–Kier alpha value is -0.980. The summed E-state index contributed by atoms with van der Waals surface area (Å²) in [6.07, 6.45) is -2.06. The lowest BCUT2D eigenvalue weighted by Gasteiger charge is -2.46. The van der Waals surface area contributed by atoms with E-state index in [9.17, 15) is 18.0 Å². The third kappa shape index (κ3) is 3.75. The molecule has 2 unspecified atom stereocenters. The summed E-state index contributed by atoms with van der Waals surface area (Å²) in [5.41, 5.74) is 0. The average Bonchev–Trinajstić information content (AvgIpc) is 2.34. The SMILES string of the molecule is CC1CN2CCCCC2CN1C(=O)OCC(F)(F)F. The fraction of sp³-hybridized carbons (Fsp3) is 0.917. The molecule has 110 valence electrons. The monoisotopic (exact) mass is 280 g/mol. The number of piperazine rings is 1. The molecule has 0 spiro atoms. The number of piperidine rings is 1. The molecular weight excluding hydrogens is 261 g/mol. The highest BCUT2D eigenvalue weighted by atomic mass is 19.4. The molecule has 2 saturated heterocycles. The van der Waals surface area contributed by atoms with E-state index >= 15 is 0 Å². The lowest BCUT2D eigenvalue weighted by atomic mass is 9.97. The van der Waals surface area contributed by atoms with E-state index < -0.39 is 18.9 Å². The van der Waals surface area contributed by atoms with Crippen molar-refractivity contribution in [3.63, 3.8) is 0 Å². The third-order valence-electron chi connectivity index (χ3n) is 3.78. The van der Waals surface area contributed by atoms with E-state index in [1.165, 1.54) is 4.90 Å². The second-order valence-corrected chi connectivity index (χ2v) is 5.32. The van der Waals surface area contributed by atoms with Crippen LogP contribution in [0, 0.1) is 0 Å². The minimum Gasteiger partial charge on any atom is -0.440 e. The van der Waals surface area contributed by atoms with Crippen LogP contribution in [-0.2, 0) is 4.74 Å². The molecule has 2 aliphatic heterocycles. The zero-order valence-electron chi connectivity index (χ0n) is 10.9. The quantitative estimate of drug-likeness (QED) is 0.738. The standard InChI is InChI=1S/C12H19F3N2O2/c1-9-6-16-5-3-2-4-10(16)7-17(9)11(18)19-8-12(13,14)15/h9-10H,2-8H2,1H3. The van der Waals surface area contributed by atoms with Gasteiger partial charge in [-0.2, -0.15) is 13.2 Å². The zero-order chi connectivity index (χ0) is 14.0. The minimum absolute atomic E-state index is 0.102. The van der Waals surface area contributed by atoms with Gasteiger partial charge in [-0.3, -0.25) is 4.90 Å². The van der Waals surface area contributed by atoms with Gasteiger partial charge in [0.1, 0.15) is 0 Å². The largest absolute Gasteiger partial charge is 0.440 e. The van der Waals surface area contributed by atoms with Crippen molar-refractivity contribution < 1.29 is 22.7 Å². The van der Waals surface area contributed by atoms with Crippen LogP contribution in [0.3, 0.4) is 0 Å². The number of hydrogen-bond acceptors (Lipinski definition) is 3. The lowest BCUT2D eigenvalue weighted by molar-refractivity contribution is -0.163. The van der Waals surface area contributed by atoms with Crippen molar-refractivity contribution >= 4 is 6.09 Å². The summed E-state index contributed by atoms with van der Waals surface area (Å²) >= 11 is 0. The predicted molar refractivity (Wildman–Crippen MR) is 62.8 cm³/mol. The topological polar surface area (TPSA) is 32.8 Å². The molecule has 0 saturated carbocycles. The van der Waals surface area contributed by atoms with Gasteiger partial charge in [0.05, 0.1) is 0 Å². The Balaban J connectivity index is 1.90. The number of carbonyl (C=O) groups is 1. The van der Waals surface area contributed by atoms with E-state index in [4.69, 9.17) is 0 Å². The Morgan fingerprint density at radius 2 is 2.05 bits per heavy atom. The van der Waals surface area contributed by atoms with Crippen LogP contribution in [0.25, 0.3) is 0 Å². The van der Waals surface area contributed by atoms with Crippen LogP contribution in [0.5, 0.6) is 0 Å². The first kappa shape index (κ1) is 14.4. The van der Waals surface area contributed by atoms with Crippen molar-refractivity contribution in [3.05, 3.63) is 0 Å². The number of rotatable bonds is 1. The molecule has 2 heterocycles. The number of nitrogens with zero attached hydrogens (tertiary/aromatic N) is 2. The summed E-state index contributed by atoms with van der Waals surface area (Å²) in [4.78, 5) is 15.5. The van der Waals surface area contributed by atoms with E-state index in [0.717, 1.165) is 25.8 Å². The van der Waals surface area contributed by atoms with Crippen LogP contribution in [0.1, 0.15) is 26.2 Å². The van der Waals surface area contributed by atoms with E-state index in [0.29, 0.717) is 13.1 Å². The molecule has 0 aliphatic carbocycles. The van der Waals surface area contributed by atoms with Gasteiger partial charge in [0.15, 0.2) is 6.61 Å². The number of halogens is 3. The summed E-state index contributed by atoms with van der Waals surface area (Å²) in [5, 5.41) is 0. The van der Waals surface area contributed by atoms with Crippen molar-refractivity contribution in [2.24, 2.45) is 0 Å². The van der Waals surface area contributed by atoms with Gasteiger partial charge in [0.25, 0.3) is 0 Å². The normalized spacial score (nSPS) is 28.9. The highest BCUT2D eigenvalue weighted by molar-refractivity contribution is 5.68. The Morgan fingerprint density at radius 1 is 1.32 bits per heavy atom. The Morgan fingerprint density at radius 3 is 2.74 bits per heavy atom. The van der Waals surface area contributed by atoms with Crippen molar-refractivity contribution in [2.75, 3.05) is 26.2 Å². The molecule has 2 atom stereocenters. The van der Waals surface area contributed by atoms with Crippen LogP contribution in [0.4, 0.5) is 18.0 Å². The molecule has 19 heavy (non-hydrogen) atoms. The highest BCUT2D eigenvalue weighted by Crippen LogP contribution is 2.25. The Kier molecular flexibility index (Phi) is 4.23. The number of amides is 1. The molecule has 1 amide bonds. The second-order valence-electron chi connectivity index (χ2n) is 5.32. The fourth-order valence-corrected chi connectivity index (χ4v) is 2.83. The molecule has 2 fully saturated rings. The van der Waals surface area contributed by atoms with Gasteiger partial charge < -0.3 is 9.64 Å². The van der Waals surface area contributed by atoms with Crippen molar-refractivity contribution in [1.29, 1.82) is 0 Å². The van der Waals surface area contributed by atoms with Crippen molar-refractivity contribution in [1.82, 2.24) is 9.80 Å². The predicted octanol–water partition coefficient (Wildman–Crippen LogP) is 2.24. The summed E-state index contributed by atoms with van der Waals surface area (Å²) in [6.45, 7) is 2.53. The van der Waals surface area contributed by atoms with Crippen LogP contribution < -0.4 is 0 Å². The molecule has 2 aliphatic rings. The Bertz CT molecular complexity index is 335. The maximum atomic E-state index is 12.0. The first-order valence-electron chi connectivity index (χ1n) is 6.61. The van der Waals surface area contributed by atoms with Gasteiger partial charge in [0.2, 0.25) is 0 Å². The van der Waals surface area contributed by atoms with Gasteiger partial charge in [-0.15, -0.1) is 0 Å². The number of carbonyl (C=O) groups excluding carboxylic acids is 1. The maximum Gasteiger partial charge on any atom is 0.422 e. The number of alkyl halides is 3. The van der Waals surface area contributed by atoms with Crippen molar-refractivity contribution in [2.45, 2.75) is 44.4 Å². The number of ether oxygens (including phenoxy) is 1. The maximum absolute atomic E-state index is 12.0. The van der Waals surface area contributed by atoms with E-state index in [1.807, 2.05) is 6.92 Å². The van der Waals surface area contributed by atoms with Gasteiger partial charge in [-0.25, -0.2) is 4.79 Å². The van der Waals surface area contributed by atoms with Crippen LogP contribution in [-0.4, -0.2) is 60.4 Å². The Labute approximate surface area is 110 Å². The van der Waals surface area contributed by atoms with Gasteiger partial charge in [-0.05, 0) is 26.3 Å². The average molecular weight is 280 g/mol. The van der Waals surface area contributed by atoms with E-state index in [2.05, 4.69) is 9.64 Å². The molecule has 7 heteroatoms. The molecule has 0 aromatic heterocycles. The first-order valence-corrected chi connectivity index (χ1v) is 6.61.